The molecule has 0 aliphatic heterocycles. The molecule has 10 heteroatoms. The zero-order valence-electron chi connectivity index (χ0n) is 17.8. The minimum atomic E-state index is -1.13. The van der Waals surface area contributed by atoms with E-state index in [0.29, 0.717) is 12.2 Å². The maximum atomic E-state index is 13.1. The number of rotatable bonds is 6. The van der Waals surface area contributed by atoms with Crippen LogP contribution in [-0.2, 0) is 12.0 Å². The van der Waals surface area contributed by atoms with Gasteiger partial charge in [-0.25, -0.2) is 14.4 Å². The van der Waals surface area contributed by atoms with Gasteiger partial charge in [-0.3, -0.25) is 14.6 Å². The lowest BCUT2D eigenvalue weighted by molar-refractivity contribution is 0.0903. The molecule has 33 heavy (non-hydrogen) atoms. The van der Waals surface area contributed by atoms with Gasteiger partial charge in [0.05, 0.1) is 11.7 Å². The molecule has 0 saturated heterocycles. The van der Waals surface area contributed by atoms with Crippen molar-refractivity contribution in [1.29, 1.82) is 0 Å². The molecule has 0 atom stereocenters. The quantitative estimate of drug-likeness (QED) is 0.412. The highest BCUT2D eigenvalue weighted by atomic mass is 19.1. The number of H-pyrrole nitrogens is 1. The molecule has 0 spiro atoms. The molecule has 4 aromatic rings. The number of oxazole rings is 1. The van der Waals surface area contributed by atoms with Crippen molar-refractivity contribution in [3.8, 4) is 17.3 Å². The third-order valence-electron chi connectivity index (χ3n) is 4.86. The van der Waals surface area contributed by atoms with E-state index in [2.05, 4.69) is 25.3 Å². The van der Waals surface area contributed by atoms with E-state index in [1.165, 1.54) is 24.5 Å². The summed E-state index contributed by atoms with van der Waals surface area (Å²) in [6.45, 7) is 3.28. The highest BCUT2D eigenvalue weighted by Crippen LogP contribution is 2.27. The van der Waals surface area contributed by atoms with E-state index < -0.39 is 22.8 Å². The highest BCUT2D eigenvalue weighted by Gasteiger charge is 2.29. The van der Waals surface area contributed by atoms with E-state index >= 15 is 0 Å². The fourth-order valence-electron chi connectivity index (χ4n) is 3.12. The molecule has 3 aromatic heterocycles. The van der Waals surface area contributed by atoms with Crippen LogP contribution in [0.4, 0.5) is 4.39 Å². The second-order valence-electron chi connectivity index (χ2n) is 7.84. The molecular formula is C23H20FN5O4. The van der Waals surface area contributed by atoms with Crippen LogP contribution in [0.5, 0.6) is 5.75 Å². The molecule has 0 bridgehead atoms. The van der Waals surface area contributed by atoms with Gasteiger partial charge >= 0.3 is 0 Å². The standard InChI is InChI=1S/C23H20FN5O4/c1-23(2,29-19(31)16-5-3-4-10-25-16)22-27-17(18(30)20(32)28-22)21-26-12-15(33-21)11-13-6-8-14(24)9-7-13/h3-10,12,30H,11H2,1-2H3,(H,29,31)(H,27,28,32). The summed E-state index contributed by atoms with van der Waals surface area (Å²) in [6.07, 6.45) is 3.26. The largest absolute Gasteiger partial charge is 0.501 e. The molecule has 1 aromatic carbocycles. The summed E-state index contributed by atoms with van der Waals surface area (Å²) in [5, 5.41) is 13.0. The number of aromatic amines is 1. The Bertz CT molecular complexity index is 1350. The third kappa shape index (κ3) is 4.79. The number of hydrogen-bond donors (Lipinski definition) is 3. The number of carbonyl (C=O) groups is 1. The first kappa shape index (κ1) is 21.9. The van der Waals surface area contributed by atoms with Gasteiger partial charge in [-0.05, 0) is 43.7 Å². The molecule has 168 valence electrons. The molecule has 0 saturated carbocycles. The van der Waals surface area contributed by atoms with Gasteiger partial charge in [0, 0.05) is 12.6 Å². The van der Waals surface area contributed by atoms with E-state index in [9.17, 15) is 19.1 Å². The van der Waals surface area contributed by atoms with E-state index in [1.54, 1.807) is 44.2 Å². The van der Waals surface area contributed by atoms with Gasteiger partial charge in [-0.1, -0.05) is 18.2 Å². The van der Waals surface area contributed by atoms with Gasteiger partial charge in [0.25, 0.3) is 11.5 Å². The number of aromatic hydroxyl groups is 1. The van der Waals surface area contributed by atoms with E-state index in [0.717, 1.165) is 5.56 Å². The fourth-order valence-corrected chi connectivity index (χ4v) is 3.12. The predicted molar refractivity (Wildman–Crippen MR) is 116 cm³/mol. The van der Waals surface area contributed by atoms with Crippen LogP contribution >= 0.6 is 0 Å². The maximum Gasteiger partial charge on any atom is 0.294 e. The van der Waals surface area contributed by atoms with Crippen molar-refractivity contribution < 1.29 is 18.7 Å². The lowest BCUT2D eigenvalue weighted by Gasteiger charge is -2.25. The molecule has 3 heterocycles. The van der Waals surface area contributed by atoms with Crippen molar-refractivity contribution >= 4 is 5.91 Å². The van der Waals surface area contributed by atoms with Gasteiger partial charge in [-0.2, -0.15) is 0 Å². The molecular weight excluding hydrogens is 429 g/mol. The molecule has 9 nitrogen and oxygen atoms in total. The summed E-state index contributed by atoms with van der Waals surface area (Å²) in [5.74, 6) is -1.02. The number of halogens is 1. The Morgan fingerprint density at radius 1 is 1.18 bits per heavy atom. The van der Waals surface area contributed by atoms with Crippen molar-refractivity contribution in [2.45, 2.75) is 25.8 Å². The van der Waals surface area contributed by atoms with Crippen molar-refractivity contribution in [2.24, 2.45) is 0 Å². The number of nitrogens with zero attached hydrogens (tertiary/aromatic N) is 3. The average Bonchev–Trinajstić information content (AvgIpc) is 3.25. The Hall–Kier alpha value is -4.34. The second-order valence-corrected chi connectivity index (χ2v) is 7.84. The highest BCUT2D eigenvalue weighted by molar-refractivity contribution is 5.92. The van der Waals surface area contributed by atoms with Crippen molar-refractivity contribution in [3.05, 3.63) is 93.9 Å². The zero-order valence-corrected chi connectivity index (χ0v) is 17.8. The summed E-state index contributed by atoms with van der Waals surface area (Å²) < 4.78 is 18.8. The van der Waals surface area contributed by atoms with E-state index in [4.69, 9.17) is 4.42 Å². The average molecular weight is 449 g/mol. The number of aromatic nitrogens is 4. The van der Waals surface area contributed by atoms with Crippen molar-refractivity contribution in [3.63, 3.8) is 0 Å². The van der Waals surface area contributed by atoms with Crippen LogP contribution in [0, 0.1) is 5.82 Å². The van der Waals surface area contributed by atoms with Gasteiger partial charge < -0.3 is 19.8 Å². The van der Waals surface area contributed by atoms with Crippen LogP contribution in [-0.4, -0.2) is 30.9 Å². The molecule has 0 unspecified atom stereocenters. The van der Waals surface area contributed by atoms with E-state index in [-0.39, 0.29) is 28.9 Å². The summed E-state index contributed by atoms with van der Waals surface area (Å²) in [6, 6.07) is 10.8. The monoisotopic (exact) mass is 449 g/mol. The molecule has 0 aliphatic carbocycles. The van der Waals surface area contributed by atoms with Crippen LogP contribution in [0.15, 0.2) is 64.1 Å². The number of hydrogen-bond acceptors (Lipinski definition) is 7. The maximum absolute atomic E-state index is 13.1. The Balaban J connectivity index is 1.62. The summed E-state index contributed by atoms with van der Waals surface area (Å²) in [5.41, 5.74) is -1.11. The van der Waals surface area contributed by atoms with Gasteiger partial charge in [0.15, 0.2) is 5.69 Å². The van der Waals surface area contributed by atoms with Gasteiger partial charge in [-0.15, -0.1) is 0 Å². The Labute approximate surface area is 187 Å². The van der Waals surface area contributed by atoms with Gasteiger partial charge in [0.2, 0.25) is 11.6 Å². The lowest BCUT2D eigenvalue weighted by atomic mass is 10.0. The summed E-state index contributed by atoms with van der Waals surface area (Å²) in [4.78, 5) is 39.8. The zero-order chi connectivity index (χ0) is 23.6. The lowest BCUT2D eigenvalue weighted by Crippen LogP contribution is -2.43. The molecule has 4 rings (SSSR count). The van der Waals surface area contributed by atoms with Crippen LogP contribution in [0.1, 0.15) is 41.5 Å². The number of nitrogens with one attached hydrogen (secondary N) is 2. The number of benzene rings is 1. The van der Waals surface area contributed by atoms with Crippen LogP contribution in [0.25, 0.3) is 11.6 Å². The summed E-state index contributed by atoms with van der Waals surface area (Å²) >= 11 is 0. The van der Waals surface area contributed by atoms with Crippen molar-refractivity contribution in [2.75, 3.05) is 0 Å². The smallest absolute Gasteiger partial charge is 0.294 e. The first-order valence-corrected chi connectivity index (χ1v) is 10.00. The summed E-state index contributed by atoms with van der Waals surface area (Å²) in [7, 11) is 0. The predicted octanol–water partition coefficient (Wildman–Crippen LogP) is 2.92. The minimum Gasteiger partial charge on any atom is -0.501 e. The first-order chi connectivity index (χ1) is 15.7. The van der Waals surface area contributed by atoms with Gasteiger partial charge in [0.1, 0.15) is 23.1 Å². The van der Waals surface area contributed by atoms with Crippen LogP contribution < -0.4 is 10.9 Å². The number of pyridine rings is 1. The SMILES string of the molecule is CC(C)(NC(=O)c1ccccn1)c1nc(-c2ncc(Cc3ccc(F)cc3)o2)c(O)c(=O)[nH]1. The molecule has 0 aliphatic rings. The second kappa shape index (κ2) is 8.65. The number of carbonyl (C=O) groups excluding carboxylic acids is 1. The third-order valence-corrected chi connectivity index (χ3v) is 4.86. The van der Waals surface area contributed by atoms with Crippen LogP contribution in [0.2, 0.25) is 0 Å². The van der Waals surface area contributed by atoms with E-state index in [1.807, 2.05) is 0 Å². The number of amides is 1. The Morgan fingerprint density at radius 3 is 2.64 bits per heavy atom. The van der Waals surface area contributed by atoms with Crippen molar-refractivity contribution in [1.82, 2.24) is 25.3 Å². The fraction of sp³-hybridized carbons (Fsp3) is 0.174. The molecule has 0 fully saturated rings. The Kier molecular flexibility index (Phi) is 5.74. The topological polar surface area (TPSA) is 134 Å². The normalized spacial score (nSPS) is 11.4. The molecule has 3 N–H and O–H groups in total. The van der Waals surface area contributed by atoms with Crippen LogP contribution in [0.3, 0.4) is 0 Å². The minimum absolute atomic E-state index is 0.0659. The molecule has 1 amide bonds. The Morgan fingerprint density at radius 2 is 1.94 bits per heavy atom. The first-order valence-electron chi connectivity index (χ1n) is 10.00. The molecule has 0 radical (unpaired) electrons.